The molecular weight excluding hydrogens is 304 g/mol. The Hall–Kier alpha value is -2.40. The second-order valence-electron chi connectivity index (χ2n) is 6.08. The number of hydrogen-bond donors (Lipinski definition) is 3. The molecule has 3 aromatic carbocycles. The highest BCUT2D eigenvalue weighted by molar-refractivity contribution is 5.95. The first-order valence-electron chi connectivity index (χ1n) is 7.86. The van der Waals surface area contributed by atoms with Gasteiger partial charge in [0.2, 0.25) is 0 Å². The normalized spacial score (nSPS) is 22.6. The van der Waals surface area contributed by atoms with E-state index in [1.807, 2.05) is 48.5 Å². The average Bonchev–Trinajstić information content (AvgIpc) is 2.64. The SMILES string of the molecule is COc1ccc(-c2ccc3cccc4c3c2[C@H](O)[C@H](O)[C@H]4O)cc1. The standard InChI is InChI=1S/C20H18O4/c1-24-13-8-5-11(6-9-13)14-10-7-12-3-2-4-15-16(12)17(14)19(22)20(23)18(15)21/h2-10,18-23H,1H3/t18-,19-,20+/m0/s1. The molecule has 0 fully saturated rings. The van der Waals surface area contributed by atoms with Gasteiger partial charge >= 0.3 is 0 Å². The van der Waals surface area contributed by atoms with Gasteiger partial charge in [-0.3, -0.25) is 0 Å². The Kier molecular flexibility index (Phi) is 3.53. The van der Waals surface area contributed by atoms with Crippen molar-refractivity contribution in [3.05, 3.63) is 65.7 Å². The van der Waals surface area contributed by atoms with Crippen LogP contribution in [0.5, 0.6) is 5.75 Å². The second-order valence-corrected chi connectivity index (χ2v) is 6.08. The zero-order valence-corrected chi connectivity index (χ0v) is 13.2. The number of hydrogen-bond acceptors (Lipinski definition) is 4. The minimum Gasteiger partial charge on any atom is -0.497 e. The first-order chi connectivity index (χ1) is 11.6. The quantitative estimate of drug-likeness (QED) is 0.678. The molecule has 0 bridgehead atoms. The number of benzene rings is 3. The third-order valence-corrected chi connectivity index (χ3v) is 4.78. The Labute approximate surface area is 139 Å². The Bertz CT molecular complexity index is 901. The number of methoxy groups -OCH3 is 1. The lowest BCUT2D eigenvalue weighted by atomic mass is 9.79. The summed E-state index contributed by atoms with van der Waals surface area (Å²) in [7, 11) is 1.61. The van der Waals surface area contributed by atoms with Crippen molar-refractivity contribution in [2.45, 2.75) is 18.3 Å². The zero-order chi connectivity index (χ0) is 16.8. The highest BCUT2D eigenvalue weighted by Gasteiger charge is 2.36. The van der Waals surface area contributed by atoms with Crippen LogP contribution in [0.2, 0.25) is 0 Å². The van der Waals surface area contributed by atoms with Gasteiger partial charge in [0.15, 0.2) is 0 Å². The maximum atomic E-state index is 10.6. The molecule has 0 unspecified atom stereocenters. The second kappa shape index (κ2) is 5.60. The van der Waals surface area contributed by atoms with Crippen molar-refractivity contribution < 1.29 is 20.1 Å². The van der Waals surface area contributed by atoms with Gasteiger partial charge in [-0.05, 0) is 45.2 Å². The topological polar surface area (TPSA) is 69.9 Å². The van der Waals surface area contributed by atoms with Crippen LogP contribution in [0.1, 0.15) is 23.3 Å². The average molecular weight is 322 g/mol. The van der Waals surface area contributed by atoms with E-state index in [1.165, 1.54) is 0 Å². The summed E-state index contributed by atoms with van der Waals surface area (Å²) in [6.07, 6.45) is -3.49. The van der Waals surface area contributed by atoms with Gasteiger partial charge in [0.25, 0.3) is 0 Å². The summed E-state index contributed by atoms with van der Waals surface area (Å²) in [4.78, 5) is 0. The molecule has 0 spiro atoms. The van der Waals surface area contributed by atoms with E-state index in [9.17, 15) is 15.3 Å². The maximum Gasteiger partial charge on any atom is 0.118 e. The van der Waals surface area contributed by atoms with Crippen molar-refractivity contribution in [3.63, 3.8) is 0 Å². The van der Waals surface area contributed by atoms with Crippen LogP contribution >= 0.6 is 0 Å². The molecule has 3 atom stereocenters. The summed E-state index contributed by atoms with van der Waals surface area (Å²) in [6, 6.07) is 17.1. The molecule has 0 saturated heterocycles. The third-order valence-electron chi connectivity index (χ3n) is 4.78. The van der Waals surface area contributed by atoms with Gasteiger partial charge in [0.1, 0.15) is 24.1 Å². The molecule has 0 saturated carbocycles. The Morgan fingerprint density at radius 3 is 2.29 bits per heavy atom. The molecule has 0 amide bonds. The summed E-state index contributed by atoms with van der Waals surface area (Å²) >= 11 is 0. The van der Waals surface area contributed by atoms with Crippen LogP contribution in [0.25, 0.3) is 21.9 Å². The molecule has 0 aliphatic heterocycles. The maximum absolute atomic E-state index is 10.6. The minimum atomic E-state index is -1.25. The van der Waals surface area contributed by atoms with Gasteiger partial charge in [0, 0.05) is 0 Å². The number of aliphatic hydroxyl groups is 3. The molecule has 1 aliphatic rings. The summed E-state index contributed by atoms with van der Waals surface area (Å²) < 4.78 is 5.19. The lowest BCUT2D eigenvalue weighted by Crippen LogP contribution is -2.30. The first-order valence-corrected chi connectivity index (χ1v) is 7.86. The molecule has 0 aromatic heterocycles. The van der Waals surface area contributed by atoms with Crippen LogP contribution in [0.15, 0.2) is 54.6 Å². The molecule has 4 rings (SSSR count). The third kappa shape index (κ3) is 2.12. The van der Waals surface area contributed by atoms with Crippen molar-refractivity contribution in [3.8, 4) is 16.9 Å². The largest absolute Gasteiger partial charge is 0.497 e. The van der Waals surface area contributed by atoms with Gasteiger partial charge in [-0.2, -0.15) is 0 Å². The monoisotopic (exact) mass is 322 g/mol. The van der Waals surface area contributed by atoms with Crippen molar-refractivity contribution in [1.82, 2.24) is 0 Å². The van der Waals surface area contributed by atoms with Gasteiger partial charge in [-0.25, -0.2) is 0 Å². The molecule has 1 aliphatic carbocycles. The fourth-order valence-corrected chi connectivity index (χ4v) is 3.54. The Balaban J connectivity index is 2.02. The lowest BCUT2D eigenvalue weighted by molar-refractivity contribution is -0.0647. The summed E-state index contributed by atoms with van der Waals surface area (Å²) in [5.74, 6) is 0.755. The summed E-state index contributed by atoms with van der Waals surface area (Å²) in [6.45, 7) is 0. The number of aliphatic hydroxyl groups excluding tert-OH is 3. The fraction of sp³-hybridized carbons (Fsp3) is 0.200. The van der Waals surface area contributed by atoms with E-state index in [0.717, 1.165) is 27.6 Å². The van der Waals surface area contributed by atoms with Gasteiger partial charge in [-0.1, -0.05) is 42.5 Å². The van der Waals surface area contributed by atoms with E-state index in [0.29, 0.717) is 11.1 Å². The van der Waals surface area contributed by atoms with Crippen molar-refractivity contribution in [1.29, 1.82) is 0 Å². The molecule has 122 valence electrons. The van der Waals surface area contributed by atoms with Crippen molar-refractivity contribution >= 4 is 10.8 Å². The van der Waals surface area contributed by atoms with E-state index in [4.69, 9.17) is 4.74 Å². The molecule has 4 heteroatoms. The van der Waals surface area contributed by atoms with Gasteiger partial charge < -0.3 is 20.1 Å². The molecule has 4 nitrogen and oxygen atoms in total. The van der Waals surface area contributed by atoms with Crippen LogP contribution < -0.4 is 4.74 Å². The van der Waals surface area contributed by atoms with Crippen LogP contribution in [0, 0.1) is 0 Å². The lowest BCUT2D eigenvalue weighted by Gasteiger charge is -2.32. The van der Waals surface area contributed by atoms with Gasteiger partial charge in [0.05, 0.1) is 7.11 Å². The highest BCUT2D eigenvalue weighted by Crippen LogP contribution is 2.45. The minimum absolute atomic E-state index is 0.649. The summed E-state index contributed by atoms with van der Waals surface area (Å²) in [5.41, 5.74) is 3.07. The Morgan fingerprint density at radius 2 is 1.58 bits per heavy atom. The van der Waals surface area contributed by atoms with E-state index in [-0.39, 0.29) is 0 Å². The van der Waals surface area contributed by atoms with E-state index >= 15 is 0 Å². The molecule has 0 radical (unpaired) electrons. The fourth-order valence-electron chi connectivity index (χ4n) is 3.54. The molecule has 0 heterocycles. The highest BCUT2D eigenvalue weighted by atomic mass is 16.5. The smallest absolute Gasteiger partial charge is 0.118 e. The summed E-state index contributed by atoms with van der Waals surface area (Å²) in [5, 5.41) is 33.0. The van der Waals surface area contributed by atoms with E-state index in [1.54, 1.807) is 13.2 Å². The van der Waals surface area contributed by atoms with Crippen LogP contribution in [-0.2, 0) is 0 Å². The zero-order valence-electron chi connectivity index (χ0n) is 13.2. The van der Waals surface area contributed by atoms with E-state index in [2.05, 4.69) is 0 Å². The van der Waals surface area contributed by atoms with Crippen LogP contribution in [-0.4, -0.2) is 28.5 Å². The predicted molar refractivity (Wildman–Crippen MR) is 91.9 cm³/mol. The Morgan fingerprint density at radius 1 is 0.833 bits per heavy atom. The molecule has 24 heavy (non-hydrogen) atoms. The van der Waals surface area contributed by atoms with E-state index < -0.39 is 18.3 Å². The predicted octanol–water partition coefficient (Wildman–Crippen LogP) is 2.96. The molecule has 3 aromatic rings. The number of ether oxygens (including phenoxy) is 1. The van der Waals surface area contributed by atoms with Gasteiger partial charge in [-0.15, -0.1) is 0 Å². The molecular formula is C20H18O4. The number of rotatable bonds is 2. The van der Waals surface area contributed by atoms with Crippen molar-refractivity contribution in [2.75, 3.05) is 7.11 Å². The van der Waals surface area contributed by atoms with Crippen LogP contribution in [0.4, 0.5) is 0 Å². The van der Waals surface area contributed by atoms with Crippen molar-refractivity contribution in [2.24, 2.45) is 0 Å². The molecule has 3 N–H and O–H groups in total. The van der Waals surface area contributed by atoms with Crippen LogP contribution in [0.3, 0.4) is 0 Å². The first kappa shape index (κ1) is 15.1.